The van der Waals surface area contributed by atoms with E-state index in [0.29, 0.717) is 16.2 Å². The Balaban J connectivity index is 2.54. The maximum Gasteiger partial charge on any atom is 0.210 e. The fraction of sp³-hybridized carbons (Fsp3) is 0.400. The zero-order chi connectivity index (χ0) is 14.9. The SMILES string of the molecule is COc1c(C(=O)c2snnc2C(C)C)ccc(C)c1C. The molecule has 4 nitrogen and oxygen atoms in total. The second-order valence-corrected chi connectivity index (χ2v) is 5.81. The van der Waals surface area contributed by atoms with Crippen molar-refractivity contribution in [1.29, 1.82) is 0 Å². The number of benzene rings is 1. The van der Waals surface area contributed by atoms with E-state index in [1.807, 2.05) is 39.8 Å². The van der Waals surface area contributed by atoms with Crippen LogP contribution in [-0.4, -0.2) is 22.5 Å². The molecule has 0 aliphatic rings. The monoisotopic (exact) mass is 290 g/mol. The summed E-state index contributed by atoms with van der Waals surface area (Å²) in [4.78, 5) is 13.3. The van der Waals surface area contributed by atoms with Gasteiger partial charge in [-0.25, -0.2) is 0 Å². The molecule has 20 heavy (non-hydrogen) atoms. The van der Waals surface area contributed by atoms with Crippen molar-refractivity contribution >= 4 is 17.3 Å². The molecular weight excluding hydrogens is 272 g/mol. The van der Waals surface area contributed by atoms with Gasteiger partial charge < -0.3 is 4.74 Å². The number of carbonyl (C=O) groups excluding carboxylic acids is 1. The first-order valence-electron chi connectivity index (χ1n) is 6.48. The summed E-state index contributed by atoms with van der Waals surface area (Å²) in [5.74, 6) is 0.743. The number of ether oxygens (including phenoxy) is 1. The lowest BCUT2D eigenvalue weighted by Gasteiger charge is -2.12. The van der Waals surface area contributed by atoms with E-state index in [0.717, 1.165) is 28.4 Å². The molecule has 0 aliphatic carbocycles. The van der Waals surface area contributed by atoms with Crippen molar-refractivity contribution in [2.45, 2.75) is 33.6 Å². The smallest absolute Gasteiger partial charge is 0.210 e. The van der Waals surface area contributed by atoms with Gasteiger partial charge in [0.1, 0.15) is 10.6 Å². The van der Waals surface area contributed by atoms with Gasteiger partial charge in [-0.3, -0.25) is 4.79 Å². The van der Waals surface area contributed by atoms with Crippen LogP contribution in [0.3, 0.4) is 0 Å². The predicted molar refractivity (Wildman–Crippen MR) is 79.9 cm³/mol. The minimum absolute atomic E-state index is 0.0661. The number of rotatable bonds is 4. The van der Waals surface area contributed by atoms with Gasteiger partial charge in [0.25, 0.3) is 0 Å². The average molecular weight is 290 g/mol. The van der Waals surface area contributed by atoms with Crippen LogP contribution in [0.15, 0.2) is 12.1 Å². The van der Waals surface area contributed by atoms with Gasteiger partial charge in [0.2, 0.25) is 5.78 Å². The molecule has 0 N–H and O–H groups in total. The molecule has 0 spiro atoms. The van der Waals surface area contributed by atoms with Gasteiger partial charge in [0, 0.05) is 0 Å². The van der Waals surface area contributed by atoms with E-state index in [2.05, 4.69) is 9.59 Å². The second-order valence-electron chi connectivity index (χ2n) is 5.06. The normalized spacial score (nSPS) is 10.9. The number of methoxy groups -OCH3 is 1. The van der Waals surface area contributed by atoms with Crippen molar-refractivity contribution in [3.8, 4) is 5.75 Å². The Morgan fingerprint density at radius 1 is 1.30 bits per heavy atom. The lowest BCUT2D eigenvalue weighted by Crippen LogP contribution is -2.07. The third-order valence-electron chi connectivity index (χ3n) is 3.39. The zero-order valence-corrected chi connectivity index (χ0v) is 13.2. The Kier molecular flexibility index (Phi) is 4.18. The summed E-state index contributed by atoms with van der Waals surface area (Å²) in [6.45, 7) is 7.97. The summed E-state index contributed by atoms with van der Waals surface area (Å²) >= 11 is 1.14. The fourth-order valence-electron chi connectivity index (χ4n) is 2.09. The first-order chi connectivity index (χ1) is 9.47. The van der Waals surface area contributed by atoms with Crippen LogP contribution < -0.4 is 4.74 Å². The lowest BCUT2D eigenvalue weighted by atomic mass is 9.98. The maximum atomic E-state index is 12.7. The summed E-state index contributed by atoms with van der Waals surface area (Å²) in [7, 11) is 1.59. The summed E-state index contributed by atoms with van der Waals surface area (Å²) in [6.07, 6.45) is 0. The van der Waals surface area contributed by atoms with Crippen LogP contribution in [0.4, 0.5) is 0 Å². The topological polar surface area (TPSA) is 52.1 Å². The van der Waals surface area contributed by atoms with Gasteiger partial charge in [-0.15, -0.1) is 5.10 Å². The molecule has 0 fully saturated rings. The molecule has 1 heterocycles. The molecule has 0 saturated carbocycles. The van der Waals surface area contributed by atoms with E-state index in [9.17, 15) is 4.79 Å². The second kappa shape index (κ2) is 5.71. The van der Waals surface area contributed by atoms with Crippen molar-refractivity contribution in [3.63, 3.8) is 0 Å². The van der Waals surface area contributed by atoms with E-state index >= 15 is 0 Å². The van der Waals surface area contributed by atoms with E-state index in [1.165, 1.54) is 0 Å². The van der Waals surface area contributed by atoms with Gasteiger partial charge in [0.15, 0.2) is 0 Å². The van der Waals surface area contributed by atoms with E-state index in [1.54, 1.807) is 7.11 Å². The van der Waals surface area contributed by atoms with Crippen molar-refractivity contribution in [2.24, 2.45) is 0 Å². The lowest BCUT2D eigenvalue weighted by molar-refractivity contribution is 0.103. The van der Waals surface area contributed by atoms with Gasteiger partial charge in [-0.1, -0.05) is 24.4 Å². The highest BCUT2D eigenvalue weighted by Crippen LogP contribution is 2.30. The molecule has 2 aromatic rings. The third-order valence-corrected chi connectivity index (χ3v) is 4.13. The fourth-order valence-corrected chi connectivity index (χ4v) is 2.86. The first-order valence-corrected chi connectivity index (χ1v) is 7.25. The first kappa shape index (κ1) is 14.7. The van der Waals surface area contributed by atoms with Crippen LogP contribution in [0, 0.1) is 13.8 Å². The number of nitrogens with zero attached hydrogens (tertiary/aromatic N) is 2. The van der Waals surface area contributed by atoms with Crippen molar-refractivity contribution in [1.82, 2.24) is 9.59 Å². The van der Waals surface area contributed by atoms with Crippen LogP contribution in [0.2, 0.25) is 0 Å². The standard InChI is InChI=1S/C15H18N2O2S/c1-8(2)12-15(20-17-16-12)13(18)11-7-6-9(3)10(4)14(11)19-5/h6-8H,1-5H3. The number of ketones is 1. The minimum Gasteiger partial charge on any atom is -0.496 e. The molecule has 1 aromatic heterocycles. The third kappa shape index (κ3) is 2.45. The van der Waals surface area contributed by atoms with Crippen LogP contribution in [0.1, 0.15) is 51.8 Å². The number of aryl methyl sites for hydroxylation is 1. The zero-order valence-electron chi connectivity index (χ0n) is 12.4. The molecule has 0 amide bonds. The molecule has 2 rings (SSSR count). The molecule has 1 aromatic carbocycles. The molecule has 0 radical (unpaired) electrons. The Labute approximate surface area is 123 Å². The summed E-state index contributed by atoms with van der Waals surface area (Å²) in [5, 5.41) is 4.06. The van der Waals surface area contributed by atoms with Gasteiger partial charge in [0.05, 0.1) is 18.4 Å². The highest BCUT2D eigenvalue weighted by molar-refractivity contribution is 7.08. The summed E-state index contributed by atoms with van der Waals surface area (Å²) < 4.78 is 9.33. The number of carbonyl (C=O) groups is 1. The largest absolute Gasteiger partial charge is 0.496 e. The predicted octanol–water partition coefficient (Wildman–Crippen LogP) is 3.52. The molecular formula is C15H18N2O2S. The molecule has 0 aliphatic heterocycles. The van der Waals surface area contributed by atoms with Gasteiger partial charge in [-0.05, 0) is 48.5 Å². The van der Waals surface area contributed by atoms with Crippen LogP contribution in [-0.2, 0) is 0 Å². The van der Waals surface area contributed by atoms with Crippen LogP contribution >= 0.6 is 11.5 Å². The quantitative estimate of drug-likeness (QED) is 0.808. The maximum absolute atomic E-state index is 12.7. The van der Waals surface area contributed by atoms with Crippen molar-refractivity contribution in [3.05, 3.63) is 39.4 Å². The molecule has 106 valence electrons. The summed E-state index contributed by atoms with van der Waals surface area (Å²) in [6, 6.07) is 3.75. The molecule has 0 atom stereocenters. The number of hydrogen-bond donors (Lipinski definition) is 0. The van der Waals surface area contributed by atoms with Crippen LogP contribution in [0.5, 0.6) is 5.75 Å². The Bertz CT molecular complexity index is 647. The Morgan fingerprint density at radius 2 is 2.00 bits per heavy atom. The Morgan fingerprint density at radius 3 is 2.60 bits per heavy atom. The number of aromatic nitrogens is 2. The van der Waals surface area contributed by atoms with E-state index in [4.69, 9.17) is 4.74 Å². The van der Waals surface area contributed by atoms with Crippen molar-refractivity contribution in [2.75, 3.05) is 7.11 Å². The van der Waals surface area contributed by atoms with Gasteiger partial charge >= 0.3 is 0 Å². The molecule has 0 bridgehead atoms. The molecule has 0 saturated heterocycles. The number of hydrogen-bond acceptors (Lipinski definition) is 5. The molecule has 0 unspecified atom stereocenters. The molecule has 5 heteroatoms. The Hall–Kier alpha value is -1.75. The average Bonchev–Trinajstić information content (AvgIpc) is 2.90. The summed E-state index contributed by atoms with van der Waals surface area (Å²) in [5.41, 5.74) is 3.41. The van der Waals surface area contributed by atoms with Crippen LogP contribution in [0.25, 0.3) is 0 Å². The van der Waals surface area contributed by atoms with Gasteiger partial charge in [-0.2, -0.15) is 0 Å². The highest BCUT2D eigenvalue weighted by Gasteiger charge is 2.23. The van der Waals surface area contributed by atoms with E-state index in [-0.39, 0.29) is 11.7 Å². The minimum atomic E-state index is -0.0661. The van der Waals surface area contributed by atoms with Crippen molar-refractivity contribution < 1.29 is 9.53 Å². The highest BCUT2D eigenvalue weighted by atomic mass is 32.1. The van der Waals surface area contributed by atoms with E-state index < -0.39 is 0 Å².